The summed E-state index contributed by atoms with van der Waals surface area (Å²) in [7, 11) is 1.62. The lowest BCUT2D eigenvalue weighted by Gasteiger charge is -2.37. The minimum Gasteiger partial charge on any atom is -0.389 e. The van der Waals surface area contributed by atoms with E-state index < -0.39 is 6.10 Å². The van der Waals surface area contributed by atoms with Crippen LogP contribution in [0.1, 0.15) is 31.4 Å². The number of nitrogens with zero attached hydrogens (tertiary/aromatic N) is 1. The molecule has 0 spiro atoms. The topological polar surface area (TPSA) is 44.7 Å². The van der Waals surface area contributed by atoms with Crippen molar-refractivity contribution in [2.45, 2.75) is 31.9 Å². The van der Waals surface area contributed by atoms with Crippen molar-refractivity contribution in [1.29, 1.82) is 0 Å². The van der Waals surface area contributed by atoms with Gasteiger partial charge in [0.2, 0.25) is 0 Å². The molecule has 1 heterocycles. The summed E-state index contributed by atoms with van der Waals surface area (Å²) in [5, 5.41) is 13.6. The second kappa shape index (κ2) is 7.62. The van der Waals surface area contributed by atoms with Gasteiger partial charge in [-0.05, 0) is 31.0 Å². The number of rotatable bonds is 7. The van der Waals surface area contributed by atoms with Crippen molar-refractivity contribution >= 4 is 5.69 Å². The van der Waals surface area contributed by atoms with Gasteiger partial charge in [0.1, 0.15) is 0 Å². The zero-order valence-corrected chi connectivity index (χ0v) is 12.5. The first-order valence-electron chi connectivity index (χ1n) is 7.50. The van der Waals surface area contributed by atoms with E-state index in [9.17, 15) is 5.11 Å². The van der Waals surface area contributed by atoms with Crippen molar-refractivity contribution in [1.82, 2.24) is 5.32 Å². The third kappa shape index (κ3) is 3.72. The van der Waals surface area contributed by atoms with E-state index in [1.807, 2.05) is 0 Å². The van der Waals surface area contributed by atoms with Crippen molar-refractivity contribution in [3.8, 4) is 0 Å². The number of aliphatic hydroxyl groups is 1. The summed E-state index contributed by atoms with van der Waals surface area (Å²) in [4.78, 5) is 2.27. The third-order valence-corrected chi connectivity index (χ3v) is 3.77. The van der Waals surface area contributed by atoms with Gasteiger partial charge in [-0.1, -0.05) is 25.1 Å². The summed E-state index contributed by atoms with van der Waals surface area (Å²) in [5.41, 5.74) is 2.58. The van der Waals surface area contributed by atoms with E-state index >= 15 is 0 Å². The number of ether oxygens (including phenoxy) is 1. The minimum absolute atomic E-state index is 0.385. The lowest BCUT2D eigenvalue weighted by molar-refractivity contribution is 0.0684. The van der Waals surface area contributed by atoms with Gasteiger partial charge in [0.15, 0.2) is 0 Å². The lowest BCUT2D eigenvalue weighted by Crippen LogP contribution is -2.41. The maximum atomic E-state index is 9.95. The number of methoxy groups -OCH3 is 1. The molecule has 4 nitrogen and oxygen atoms in total. The summed E-state index contributed by atoms with van der Waals surface area (Å²) >= 11 is 0. The molecule has 0 bridgehead atoms. The van der Waals surface area contributed by atoms with E-state index in [0.717, 1.165) is 25.9 Å². The number of benzene rings is 1. The fourth-order valence-electron chi connectivity index (χ4n) is 2.85. The Bertz CT molecular complexity index is 411. The number of anilines is 1. The molecule has 0 saturated carbocycles. The first-order chi connectivity index (χ1) is 9.76. The Morgan fingerprint density at radius 1 is 1.45 bits per heavy atom. The number of hydrogen-bond acceptors (Lipinski definition) is 4. The second-order valence-corrected chi connectivity index (χ2v) is 5.41. The molecule has 2 N–H and O–H groups in total. The summed E-state index contributed by atoms with van der Waals surface area (Å²) in [6.07, 6.45) is 1.79. The Morgan fingerprint density at radius 2 is 2.25 bits per heavy atom. The minimum atomic E-state index is -0.437. The maximum absolute atomic E-state index is 9.95. The van der Waals surface area contributed by atoms with Crippen LogP contribution in [0.5, 0.6) is 0 Å². The van der Waals surface area contributed by atoms with Crippen LogP contribution in [0.15, 0.2) is 24.3 Å². The Balaban J connectivity index is 2.10. The highest BCUT2D eigenvalue weighted by molar-refractivity contribution is 5.57. The van der Waals surface area contributed by atoms with Crippen LogP contribution in [-0.2, 0) is 4.74 Å². The lowest BCUT2D eigenvalue weighted by atomic mass is 9.96. The molecule has 0 aromatic heterocycles. The molecular formula is C16H26N2O2. The van der Waals surface area contributed by atoms with Gasteiger partial charge in [-0.3, -0.25) is 0 Å². The van der Waals surface area contributed by atoms with Crippen LogP contribution >= 0.6 is 0 Å². The summed E-state index contributed by atoms with van der Waals surface area (Å²) in [5.74, 6) is 0. The molecule has 0 aliphatic carbocycles. The molecular weight excluding hydrogens is 252 g/mol. The molecule has 2 unspecified atom stereocenters. The van der Waals surface area contributed by atoms with Gasteiger partial charge in [-0.2, -0.15) is 0 Å². The Labute approximate surface area is 121 Å². The standard InChI is InChI=1S/C16H26N2O2/c1-3-9-17-15-8-10-18(11-13(19)12-20-2)16-7-5-4-6-14(15)16/h4-7,13,15,17,19H,3,8-12H2,1-2H3. The van der Waals surface area contributed by atoms with Crippen LogP contribution in [-0.4, -0.2) is 44.6 Å². The van der Waals surface area contributed by atoms with Crippen molar-refractivity contribution in [3.05, 3.63) is 29.8 Å². The molecule has 2 atom stereocenters. The SMILES string of the molecule is CCCNC1CCN(CC(O)COC)c2ccccc21. The summed E-state index contributed by atoms with van der Waals surface area (Å²) in [6.45, 7) is 5.22. The predicted molar refractivity (Wildman–Crippen MR) is 82.2 cm³/mol. The quantitative estimate of drug-likeness (QED) is 0.800. The molecule has 0 amide bonds. The smallest absolute Gasteiger partial charge is 0.0947 e. The maximum Gasteiger partial charge on any atom is 0.0947 e. The van der Waals surface area contributed by atoms with Crippen molar-refractivity contribution in [2.24, 2.45) is 0 Å². The highest BCUT2D eigenvalue weighted by atomic mass is 16.5. The monoisotopic (exact) mass is 278 g/mol. The number of nitrogens with one attached hydrogen (secondary N) is 1. The van der Waals surface area contributed by atoms with Crippen LogP contribution in [0, 0.1) is 0 Å². The van der Waals surface area contributed by atoms with Gasteiger partial charge >= 0.3 is 0 Å². The molecule has 4 heteroatoms. The van der Waals surface area contributed by atoms with Gasteiger partial charge in [-0.25, -0.2) is 0 Å². The summed E-state index contributed by atoms with van der Waals surface area (Å²) in [6, 6.07) is 8.93. The van der Waals surface area contributed by atoms with Gasteiger partial charge in [-0.15, -0.1) is 0 Å². The van der Waals surface area contributed by atoms with Crippen molar-refractivity contribution in [3.63, 3.8) is 0 Å². The van der Waals surface area contributed by atoms with E-state index in [4.69, 9.17) is 4.74 Å². The molecule has 1 aliphatic rings. The second-order valence-electron chi connectivity index (χ2n) is 5.41. The van der Waals surface area contributed by atoms with Gasteiger partial charge in [0, 0.05) is 31.9 Å². The molecule has 20 heavy (non-hydrogen) atoms. The normalized spacial score (nSPS) is 19.8. The van der Waals surface area contributed by atoms with Crippen LogP contribution < -0.4 is 10.2 Å². The molecule has 0 radical (unpaired) electrons. The largest absolute Gasteiger partial charge is 0.389 e. The van der Waals surface area contributed by atoms with E-state index in [1.165, 1.54) is 11.3 Å². The number of fused-ring (bicyclic) bond motifs is 1. The summed E-state index contributed by atoms with van der Waals surface area (Å²) < 4.78 is 5.02. The number of hydrogen-bond donors (Lipinski definition) is 2. The Morgan fingerprint density at radius 3 is 3.00 bits per heavy atom. The zero-order valence-electron chi connectivity index (χ0n) is 12.5. The van der Waals surface area contributed by atoms with Gasteiger partial charge in [0.25, 0.3) is 0 Å². The first kappa shape index (κ1) is 15.3. The van der Waals surface area contributed by atoms with Crippen LogP contribution in [0.2, 0.25) is 0 Å². The van der Waals surface area contributed by atoms with Gasteiger partial charge < -0.3 is 20.1 Å². The van der Waals surface area contributed by atoms with Crippen LogP contribution in [0.3, 0.4) is 0 Å². The van der Waals surface area contributed by atoms with Crippen molar-refractivity contribution in [2.75, 3.05) is 38.3 Å². The Kier molecular flexibility index (Phi) is 5.83. The van der Waals surface area contributed by atoms with E-state index in [0.29, 0.717) is 19.2 Å². The fourth-order valence-corrected chi connectivity index (χ4v) is 2.85. The van der Waals surface area contributed by atoms with E-state index in [1.54, 1.807) is 7.11 Å². The number of para-hydroxylation sites is 1. The highest BCUT2D eigenvalue weighted by Crippen LogP contribution is 2.33. The average molecular weight is 278 g/mol. The van der Waals surface area contributed by atoms with Crippen molar-refractivity contribution < 1.29 is 9.84 Å². The van der Waals surface area contributed by atoms with E-state index in [2.05, 4.69) is 41.4 Å². The third-order valence-electron chi connectivity index (χ3n) is 3.77. The number of β-amino-alcohol motifs (C(OH)–C–C–N with tert-alkyl or cyclic N) is 1. The van der Waals surface area contributed by atoms with Crippen LogP contribution in [0.25, 0.3) is 0 Å². The van der Waals surface area contributed by atoms with E-state index in [-0.39, 0.29) is 0 Å². The van der Waals surface area contributed by atoms with Gasteiger partial charge in [0.05, 0.1) is 12.7 Å². The highest BCUT2D eigenvalue weighted by Gasteiger charge is 2.25. The average Bonchev–Trinajstić information content (AvgIpc) is 2.47. The molecule has 0 saturated heterocycles. The molecule has 112 valence electrons. The Hall–Kier alpha value is -1.10. The molecule has 1 aromatic rings. The fraction of sp³-hybridized carbons (Fsp3) is 0.625. The number of aliphatic hydroxyl groups excluding tert-OH is 1. The molecule has 1 aromatic carbocycles. The molecule has 1 aliphatic heterocycles. The molecule has 0 fully saturated rings. The predicted octanol–water partition coefficient (Wildman–Crippen LogP) is 1.94. The van der Waals surface area contributed by atoms with Crippen LogP contribution in [0.4, 0.5) is 5.69 Å². The zero-order chi connectivity index (χ0) is 14.4. The molecule has 2 rings (SSSR count). The first-order valence-corrected chi connectivity index (χ1v) is 7.50.